The number of nitrogens with zero attached hydrogens (tertiary/aromatic N) is 5. The lowest BCUT2D eigenvalue weighted by atomic mass is 9.93. The smallest absolute Gasteiger partial charge is 0.411 e. The van der Waals surface area contributed by atoms with Gasteiger partial charge in [0, 0.05) is 95.4 Å². The van der Waals surface area contributed by atoms with Crippen LogP contribution in [0, 0.1) is 11.6 Å². The average Bonchev–Trinajstić information content (AvgIpc) is 2.26. The highest BCUT2D eigenvalue weighted by Gasteiger charge is 2.46. The van der Waals surface area contributed by atoms with Gasteiger partial charge in [-0.2, -0.15) is 0 Å². The maximum Gasteiger partial charge on any atom is 0.411 e. The highest BCUT2D eigenvalue weighted by molar-refractivity contribution is 9.08. The van der Waals surface area contributed by atoms with Crippen LogP contribution < -0.4 is 20.7 Å². The Morgan fingerprint density at radius 3 is 1.67 bits per heavy atom. The van der Waals surface area contributed by atoms with Crippen LogP contribution in [0.2, 0.25) is 0 Å². The van der Waals surface area contributed by atoms with Gasteiger partial charge < -0.3 is 50.5 Å². The van der Waals surface area contributed by atoms with Crippen LogP contribution in [0.25, 0.3) is 0 Å². The third-order valence-electron chi connectivity index (χ3n) is 13.0. The fourth-order valence-electron chi connectivity index (χ4n) is 9.28. The predicted molar refractivity (Wildman–Crippen MR) is 320 cm³/mol. The summed E-state index contributed by atoms with van der Waals surface area (Å²) in [6.07, 6.45) is 3.31. The van der Waals surface area contributed by atoms with Gasteiger partial charge in [-0.05, 0) is 116 Å². The summed E-state index contributed by atoms with van der Waals surface area (Å²) < 4.78 is 39.6. The van der Waals surface area contributed by atoms with Gasteiger partial charge in [0.05, 0.1) is 18.2 Å². The van der Waals surface area contributed by atoms with Crippen molar-refractivity contribution in [3.05, 3.63) is 191 Å². The molecule has 452 valence electrons. The van der Waals surface area contributed by atoms with Crippen molar-refractivity contribution in [1.82, 2.24) is 40.6 Å². The van der Waals surface area contributed by atoms with Gasteiger partial charge in [-0.15, -0.1) is 0 Å². The van der Waals surface area contributed by atoms with Gasteiger partial charge >= 0.3 is 6.09 Å². The average molecular weight is 1230 g/mol. The number of pyridine rings is 2. The van der Waals surface area contributed by atoms with E-state index in [1.54, 1.807) is 73.6 Å². The number of piperazine rings is 2. The van der Waals surface area contributed by atoms with Gasteiger partial charge in [0.25, 0.3) is 0 Å². The summed E-state index contributed by atoms with van der Waals surface area (Å²) in [5.74, 6) is -2.79. The number of benzene rings is 4. The number of halogens is 3. The molecule has 0 radical (unpaired) electrons. The van der Waals surface area contributed by atoms with Crippen molar-refractivity contribution in [3.8, 4) is 11.5 Å². The van der Waals surface area contributed by atoms with Crippen LogP contribution in [0.4, 0.5) is 13.6 Å². The number of phenols is 1. The number of aliphatic hydroxyl groups is 2. The lowest BCUT2D eigenvalue weighted by Gasteiger charge is -2.44. The Hall–Kier alpha value is -7.85. The number of rotatable bonds is 18. The molecular weight excluding hydrogens is 1150 g/mol. The number of carbonyl (C=O) groups excluding carboxylic acids is 5. The number of ether oxygens (including phenoxy) is 2. The second kappa shape index (κ2) is 33.4. The molecule has 2 aliphatic heterocycles. The fourth-order valence-corrected chi connectivity index (χ4v) is 9.65. The molecule has 6 aromatic rings. The van der Waals surface area contributed by atoms with Crippen LogP contribution in [0.3, 0.4) is 0 Å². The van der Waals surface area contributed by atoms with Crippen molar-refractivity contribution in [2.45, 2.75) is 129 Å². The summed E-state index contributed by atoms with van der Waals surface area (Å²) in [6, 6.07) is 30.0. The zero-order chi connectivity index (χ0) is 59.3. The first kappa shape index (κ1) is 68.6. The Kier molecular flexibility index (Phi) is 27.3. The standard InChI is InChI=1S/C28H31FN4O4.C27H34FN3O6.C6H6BrN.2CH4/c1-19(34)32-25(15-22-13-23(29)16-24(14-22)37-18-21-7-9-30-10-8-21)27(35)26-28(36)33(12-11-31-26)17-20-5-3-2-4-6-20;1-17(32)29-22(14-19-12-20(28)15-21(33)13-19)24(34)23-25(35)30(16-18-8-6-5-7-9-18)10-11-31(23)26(36)37-27(2,3)4;7-5-6-1-3-8-4-2-6;;/h2-10,13-14,16,25-27,31,35H,11-12,15,17-18H2,1H3,(H,32,34);5-9,12-13,15,22-24,33-34H,10-11,14,16H2,1-4H3,(H,29,32);1-4H,5H2;2*1H4/t25-,26-,27-;22-,23-,24-;;;/m00.../s1. The number of hydrogen-bond donors (Lipinski definition) is 6. The Balaban J connectivity index is 0.000000311. The zero-order valence-corrected chi connectivity index (χ0v) is 48.0. The largest absolute Gasteiger partial charge is 0.508 e. The predicted octanol–water partition coefficient (Wildman–Crippen LogP) is 8.04. The van der Waals surface area contributed by atoms with E-state index in [0.29, 0.717) is 36.5 Å². The fraction of sp³-hybridized carbons (Fsp3) is 0.381. The zero-order valence-electron chi connectivity index (χ0n) is 46.5. The van der Waals surface area contributed by atoms with Crippen molar-refractivity contribution in [2.75, 3.05) is 26.2 Å². The molecule has 4 aromatic carbocycles. The van der Waals surface area contributed by atoms with Gasteiger partial charge in [0.2, 0.25) is 23.6 Å². The van der Waals surface area contributed by atoms with E-state index < -0.39 is 71.5 Å². The van der Waals surface area contributed by atoms with Gasteiger partial charge in [-0.1, -0.05) is 91.4 Å². The number of phenolic OH excluding ortho intramolecular Hbond substituents is 1. The van der Waals surface area contributed by atoms with E-state index >= 15 is 0 Å². The molecule has 2 fully saturated rings. The summed E-state index contributed by atoms with van der Waals surface area (Å²) in [7, 11) is 0. The molecule has 6 atom stereocenters. The third kappa shape index (κ3) is 21.7. The van der Waals surface area contributed by atoms with E-state index in [9.17, 15) is 48.1 Å². The second-order valence-corrected chi connectivity index (χ2v) is 21.4. The quantitative estimate of drug-likeness (QED) is 0.0448. The number of hydrogen-bond acceptors (Lipinski definition) is 13. The van der Waals surface area contributed by atoms with Crippen molar-refractivity contribution in [1.29, 1.82) is 0 Å². The molecular formula is C63H79BrF2N8O10. The molecule has 0 bridgehead atoms. The van der Waals surface area contributed by atoms with Crippen molar-refractivity contribution in [3.63, 3.8) is 0 Å². The SMILES string of the molecule is BrCc1ccncc1.C.C.CC(=O)N[C@@H](Cc1cc(F)cc(OCc2ccncc2)c1)[C@H](O)[C@@H]1NCCN(Cc2ccccc2)C1=O.CC(=O)N[C@@H](Cc1cc(O)cc(F)c1)[C@H](O)[C@H]1C(=O)N(Cc2ccccc2)CCN1C(=O)OC(C)(C)C. The molecule has 4 heterocycles. The lowest BCUT2D eigenvalue weighted by Crippen LogP contribution is -2.66. The van der Waals surface area contributed by atoms with E-state index in [0.717, 1.165) is 34.2 Å². The molecule has 6 N–H and O–H groups in total. The monoisotopic (exact) mass is 1220 g/mol. The molecule has 84 heavy (non-hydrogen) atoms. The summed E-state index contributed by atoms with van der Waals surface area (Å²) in [5.41, 5.74) is 3.99. The maximum atomic E-state index is 14.4. The van der Waals surface area contributed by atoms with Gasteiger partial charge in [0.1, 0.15) is 53.5 Å². The van der Waals surface area contributed by atoms with Crippen LogP contribution in [0.5, 0.6) is 11.5 Å². The van der Waals surface area contributed by atoms with Crippen LogP contribution in [-0.2, 0) is 61.8 Å². The second-order valence-electron chi connectivity index (χ2n) is 20.8. The first-order chi connectivity index (χ1) is 39.2. The van der Waals surface area contributed by atoms with Crippen LogP contribution >= 0.6 is 15.9 Å². The Bertz CT molecular complexity index is 3000. The van der Waals surface area contributed by atoms with E-state index in [4.69, 9.17) is 9.47 Å². The molecule has 8 rings (SSSR count). The summed E-state index contributed by atoms with van der Waals surface area (Å²) in [5, 5.41) is 41.9. The molecule has 2 saturated heterocycles. The number of carbonyl (C=O) groups is 5. The van der Waals surface area contributed by atoms with Crippen LogP contribution in [0.1, 0.15) is 82.9 Å². The number of aliphatic hydroxyl groups excluding tert-OH is 2. The molecule has 18 nitrogen and oxygen atoms in total. The first-order valence-electron chi connectivity index (χ1n) is 26.7. The highest BCUT2D eigenvalue weighted by atomic mass is 79.9. The van der Waals surface area contributed by atoms with E-state index in [1.165, 1.54) is 42.5 Å². The summed E-state index contributed by atoms with van der Waals surface area (Å²) in [4.78, 5) is 76.3. The number of amides is 5. The minimum Gasteiger partial charge on any atom is -0.508 e. The molecule has 21 heteroatoms. The maximum absolute atomic E-state index is 14.4. The molecule has 2 aromatic heterocycles. The Morgan fingerprint density at radius 1 is 0.667 bits per heavy atom. The van der Waals surface area contributed by atoms with E-state index in [2.05, 4.69) is 41.8 Å². The van der Waals surface area contributed by atoms with Crippen molar-refractivity contribution >= 4 is 45.7 Å². The molecule has 2 aliphatic rings. The molecule has 0 aliphatic carbocycles. The van der Waals surface area contributed by atoms with Crippen molar-refractivity contribution in [2.24, 2.45) is 0 Å². The minimum absolute atomic E-state index is 0. The van der Waals surface area contributed by atoms with E-state index in [1.807, 2.05) is 72.8 Å². The first-order valence-corrected chi connectivity index (χ1v) is 27.8. The van der Waals surface area contributed by atoms with Gasteiger partial charge in [-0.3, -0.25) is 34.0 Å². The molecule has 0 unspecified atom stereocenters. The molecule has 5 amide bonds. The van der Waals surface area contributed by atoms with Crippen LogP contribution in [-0.4, -0.2) is 138 Å². The van der Waals surface area contributed by atoms with Gasteiger partial charge in [-0.25, -0.2) is 13.6 Å². The number of nitrogens with one attached hydrogen (secondary N) is 3. The number of alkyl halides is 1. The summed E-state index contributed by atoms with van der Waals surface area (Å²) in [6.45, 7) is 9.93. The molecule has 0 saturated carbocycles. The normalized spacial score (nSPS) is 16.3. The Morgan fingerprint density at radius 2 is 1.17 bits per heavy atom. The topological polar surface area (TPSA) is 236 Å². The number of aromatic hydroxyl groups is 1. The third-order valence-corrected chi connectivity index (χ3v) is 13.7. The highest BCUT2D eigenvalue weighted by Crippen LogP contribution is 2.26. The number of aromatic nitrogens is 2. The van der Waals surface area contributed by atoms with Gasteiger partial charge in [0.15, 0.2) is 0 Å². The lowest BCUT2D eigenvalue weighted by molar-refractivity contribution is -0.149. The molecule has 0 spiro atoms. The minimum atomic E-state index is -1.56. The Labute approximate surface area is 499 Å². The summed E-state index contributed by atoms with van der Waals surface area (Å²) >= 11 is 3.33. The van der Waals surface area contributed by atoms with Crippen molar-refractivity contribution < 1.29 is 57.5 Å². The van der Waals surface area contributed by atoms with Crippen LogP contribution in [0.15, 0.2) is 146 Å². The van der Waals surface area contributed by atoms with E-state index in [-0.39, 0.29) is 71.5 Å².